The number of hydrogen-bond donors (Lipinski definition) is 0. The van der Waals surface area contributed by atoms with Gasteiger partial charge >= 0.3 is 12.1 Å². The number of fused-ring (bicyclic) bond motifs is 1. The molecule has 3 saturated heterocycles. The molecule has 23 heavy (non-hydrogen) atoms. The monoisotopic (exact) mass is 325 g/mol. The molecule has 3 aliphatic heterocycles. The zero-order valence-corrected chi connectivity index (χ0v) is 14.7. The van der Waals surface area contributed by atoms with Crippen LogP contribution in [0.4, 0.5) is 4.79 Å². The summed E-state index contributed by atoms with van der Waals surface area (Å²) in [5.74, 6) is 0.0342. The van der Waals surface area contributed by atoms with Gasteiger partial charge in [-0.05, 0) is 47.5 Å². The minimum absolute atomic E-state index is 0.143. The molecule has 1 amide bonds. The predicted octanol–water partition coefficient (Wildman–Crippen LogP) is 2.35. The summed E-state index contributed by atoms with van der Waals surface area (Å²) < 4.78 is 16.8. The minimum atomic E-state index is -0.505. The van der Waals surface area contributed by atoms with Gasteiger partial charge in [0.25, 0.3) is 0 Å². The predicted molar refractivity (Wildman–Crippen MR) is 82.9 cm³/mol. The van der Waals surface area contributed by atoms with Crippen molar-refractivity contribution in [2.75, 3.05) is 19.7 Å². The zero-order chi connectivity index (χ0) is 17.0. The lowest BCUT2D eigenvalue weighted by molar-refractivity contribution is -0.163. The molecular weight excluding hydrogens is 298 g/mol. The van der Waals surface area contributed by atoms with E-state index in [2.05, 4.69) is 6.92 Å². The van der Waals surface area contributed by atoms with Crippen LogP contribution in [0.15, 0.2) is 0 Å². The van der Waals surface area contributed by atoms with Gasteiger partial charge in [0.2, 0.25) is 0 Å². The molecule has 1 atom stereocenters. The SMILES string of the molecule is CCOC(=O)C12CC(C)(C1)OC2C1CN(C(=O)OC(C)(C)C)C1. The van der Waals surface area contributed by atoms with E-state index in [1.807, 2.05) is 27.7 Å². The van der Waals surface area contributed by atoms with Crippen molar-refractivity contribution in [2.45, 2.75) is 64.8 Å². The van der Waals surface area contributed by atoms with Crippen LogP contribution in [0.25, 0.3) is 0 Å². The molecule has 3 heterocycles. The van der Waals surface area contributed by atoms with Crippen molar-refractivity contribution in [3.05, 3.63) is 0 Å². The largest absolute Gasteiger partial charge is 0.465 e. The number of carbonyl (C=O) groups excluding carboxylic acids is 2. The normalized spacial score (nSPS) is 36.2. The molecule has 0 aromatic heterocycles. The topological polar surface area (TPSA) is 65.1 Å². The highest BCUT2D eigenvalue weighted by Gasteiger charge is 2.72. The van der Waals surface area contributed by atoms with E-state index >= 15 is 0 Å². The van der Waals surface area contributed by atoms with Gasteiger partial charge in [-0.2, -0.15) is 0 Å². The molecule has 130 valence electrons. The molecule has 0 aromatic rings. The van der Waals surface area contributed by atoms with E-state index in [9.17, 15) is 9.59 Å². The summed E-state index contributed by atoms with van der Waals surface area (Å²) in [6, 6.07) is 0. The average Bonchev–Trinajstić information content (AvgIpc) is 2.74. The van der Waals surface area contributed by atoms with Gasteiger partial charge in [-0.1, -0.05) is 0 Å². The van der Waals surface area contributed by atoms with Gasteiger partial charge in [0.1, 0.15) is 5.60 Å². The maximum absolute atomic E-state index is 12.4. The van der Waals surface area contributed by atoms with E-state index in [4.69, 9.17) is 14.2 Å². The number of hydrogen-bond acceptors (Lipinski definition) is 5. The van der Waals surface area contributed by atoms with E-state index in [0.29, 0.717) is 19.7 Å². The standard InChI is InChI=1S/C17H27NO5/c1-6-21-13(19)17-9-16(5,10-17)22-12(17)11-7-18(8-11)14(20)23-15(2,3)4/h11-12H,6-10H2,1-5H3. The number of rotatable bonds is 3. The summed E-state index contributed by atoms with van der Waals surface area (Å²) in [7, 11) is 0. The molecule has 4 fully saturated rings. The Labute approximate surface area is 137 Å². The number of carbonyl (C=O) groups is 2. The van der Waals surface area contributed by atoms with Crippen LogP contribution >= 0.6 is 0 Å². The van der Waals surface area contributed by atoms with Crippen molar-refractivity contribution in [3.8, 4) is 0 Å². The van der Waals surface area contributed by atoms with Gasteiger partial charge in [0, 0.05) is 19.0 Å². The van der Waals surface area contributed by atoms with E-state index in [1.54, 1.807) is 4.90 Å². The molecule has 0 radical (unpaired) electrons. The first-order valence-corrected chi connectivity index (χ1v) is 8.42. The van der Waals surface area contributed by atoms with Crippen LogP contribution in [0.1, 0.15) is 47.5 Å². The van der Waals surface area contributed by atoms with E-state index < -0.39 is 11.0 Å². The van der Waals surface area contributed by atoms with Crippen LogP contribution in [-0.2, 0) is 19.0 Å². The molecule has 2 bridgehead atoms. The molecule has 0 aromatic carbocycles. The molecular formula is C17H27NO5. The fourth-order valence-corrected chi connectivity index (χ4v) is 4.25. The Balaban J connectivity index is 1.61. The van der Waals surface area contributed by atoms with Crippen LogP contribution in [0.5, 0.6) is 0 Å². The number of esters is 1. The Bertz CT molecular complexity index is 512. The van der Waals surface area contributed by atoms with Gasteiger partial charge in [-0.15, -0.1) is 0 Å². The smallest absolute Gasteiger partial charge is 0.410 e. The Kier molecular flexibility index (Phi) is 3.67. The lowest BCUT2D eigenvalue weighted by atomic mass is 9.58. The third-order valence-corrected chi connectivity index (χ3v) is 5.01. The van der Waals surface area contributed by atoms with Gasteiger partial charge < -0.3 is 19.1 Å². The first kappa shape index (κ1) is 16.6. The van der Waals surface area contributed by atoms with E-state index in [0.717, 1.165) is 12.8 Å². The highest BCUT2D eigenvalue weighted by atomic mass is 16.6. The molecule has 1 aliphatic carbocycles. The maximum atomic E-state index is 12.4. The summed E-state index contributed by atoms with van der Waals surface area (Å²) >= 11 is 0. The van der Waals surface area contributed by atoms with Crippen LogP contribution in [-0.4, -0.2) is 54.0 Å². The first-order valence-electron chi connectivity index (χ1n) is 8.42. The van der Waals surface area contributed by atoms with Gasteiger partial charge in [0.15, 0.2) is 0 Å². The van der Waals surface area contributed by atoms with Crippen LogP contribution in [0.2, 0.25) is 0 Å². The van der Waals surface area contributed by atoms with Crippen molar-refractivity contribution in [1.82, 2.24) is 4.90 Å². The Morgan fingerprint density at radius 1 is 1.26 bits per heavy atom. The second-order valence-electron chi connectivity index (χ2n) is 8.36. The van der Waals surface area contributed by atoms with Crippen molar-refractivity contribution in [1.29, 1.82) is 0 Å². The first-order chi connectivity index (χ1) is 10.6. The average molecular weight is 325 g/mol. The second kappa shape index (κ2) is 5.10. The number of ether oxygens (including phenoxy) is 3. The van der Waals surface area contributed by atoms with E-state index in [-0.39, 0.29) is 29.7 Å². The van der Waals surface area contributed by atoms with Crippen LogP contribution in [0, 0.1) is 11.3 Å². The fourth-order valence-electron chi connectivity index (χ4n) is 4.25. The van der Waals surface area contributed by atoms with Gasteiger partial charge in [0.05, 0.1) is 23.7 Å². The van der Waals surface area contributed by atoms with Crippen molar-refractivity contribution in [3.63, 3.8) is 0 Å². The number of amides is 1. The van der Waals surface area contributed by atoms with Crippen molar-refractivity contribution in [2.24, 2.45) is 11.3 Å². The molecule has 6 heteroatoms. The quantitative estimate of drug-likeness (QED) is 0.745. The van der Waals surface area contributed by atoms with Gasteiger partial charge in [-0.25, -0.2) is 4.79 Å². The second-order valence-corrected chi connectivity index (χ2v) is 8.36. The third-order valence-electron chi connectivity index (χ3n) is 5.01. The molecule has 1 saturated carbocycles. The van der Waals surface area contributed by atoms with Crippen LogP contribution in [0.3, 0.4) is 0 Å². The highest BCUT2D eigenvalue weighted by Crippen LogP contribution is 2.64. The summed E-state index contributed by atoms with van der Waals surface area (Å²) in [5.41, 5.74) is -1.20. The summed E-state index contributed by atoms with van der Waals surface area (Å²) in [6.45, 7) is 11.0. The Hall–Kier alpha value is -1.30. The number of nitrogens with zero attached hydrogens (tertiary/aromatic N) is 1. The molecule has 0 N–H and O–H groups in total. The zero-order valence-electron chi connectivity index (χ0n) is 14.7. The van der Waals surface area contributed by atoms with E-state index in [1.165, 1.54) is 0 Å². The lowest BCUT2D eigenvalue weighted by Crippen LogP contribution is -2.59. The molecule has 6 nitrogen and oxygen atoms in total. The molecule has 4 rings (SSSR count). The fraction of sp³-hybridized carbons (Fsp3) is 0.882. The number of likely N-dealkylation sites (tertiary alicyclic amines) is 1. The minimum Gasteiger partial charge on any atom is -0.465 e. The summed E-state index contributed by atoms with van der Waals surface area (Å²) in [6.07, 6.45) is 1.01. The Morgan fingerprint density at radius 2 is 1.87 bits per heavy atom. The van der Waals surface area contributed by atoms with Gasteiger partial charge in [-0.3, -0.25) is 4.79 Å². The summed E-state index contributed by atoms with van der Waals surface area (Å²) in [5, 5.41) is 0. The third kappa shape index (κ3) is 2.71. The molecule has 1 unspecified atom stereocenters. The Morgan fingerprint density at radius 3 is 2.39 bits per heavy atom. The molecule has 0 spiro atoms. The van der Waals surface area contributed by atoms with Crippen molar-refractivity contribution < 1.29 is 23.8 Å². The van der Waals surface area contributed by atoms with Crippen molar-refractivity contribution >= 4 is 12.1 Å². The maximum Gasteiger partial charge on any atom is 0.410 e. The molecule has 4 aliphatic rings. The summed E-state index contributed by atoms with van der Waals surface area (Å²) in [4.78, 5) is 26.1. The van der Waals surface area contributed by atoms with Crippen LogP contribution < -0.4 is 0 Å². The lowest BCUT2D eigenvalue weighted by Gasteiger charge is -2.46. The highest BCUT2D eigenvalue weighted by molar-refractivity contribution is 5.80.